The highest BCUT2D eigenvalue weighted by Gasteiger charge is 2.54. The highest BCUT2D eigenvalue weighted by atomic mass is 32.2. The monoisotopic (exact) mass is 358 g/mol. The zero-order chi connectivity index (χ0) is 17.5. The largest absolute Gasteiger partial charge is 0.215 e. The fourth-order valence-corrected chi connectivity index (χ4v) is 7.26. The third-order valence-electron chi connectivity index (χ3n) is 6.82. The maximum Gasteiger partial charge on any atom is 0.215 e. The first-order valence-corrected chi connectivity index (χ1v) is 11.0. The Hall–Kier alpha value is -1.38. The number of hydrogen-bond donors (Lipinski definition) is 0. The topological polar surface area (TPSA) is 61.2 Å². The first-order valence-electron chi connectivity index (χ1n) is 9.43. The Morgan fingerprint density at radius 3 is 2.32 bits per heavy atom. The van der Waals surface area contributed by atoms with E-state index in [0.717, 1.165) is 38.5 Å². The van der Waals surface area contributed by atoms with Gasteiger partial charge >= 0.3 is 0 Å². The summed E-state index contributed by atoms with van der Waals surface area (Å²) in [7, 11) is -3.39. The summed E-state index contributed by atoms with van der Waals surface area (Å²) >= 11 is 0. The molecular weight excluding hydrogens is 332 g/mol. The molecule has 1 saturated heterocycles. The number of nitrogens with zero attached hydrogens (tertiary/aromatic N) is 2. The van der Waals surface area contributed by atoms with Crippen molar-refractivity contribution < 1.29 is 8.42 Å². The number of nitriles is 1. The molecule has 3 fully saturated rings. The predicted molar refractivity (Wildman–Crippen MR) is 97.3 cm³/mol. The second-order valence-electron chi connectivity index (χ2n) is 8.33. The van der Waals surface area contributed by atoms with E-state index in [0.29, 0.717) is 19.0 Å². The lowest BCUT2D eigenvalue weighted by atomic mass is 9.61. The van der Waals surface area contributed by atoms with E-state index in [2.05, 4.69) is 18.2 Å². The van der Waals surface area contributed by atoms with Gasteiger partial charge in [-0.25, -0.2) is 12.7 Å². The van der Waals surface area contributed by atoms with Gasteiger partial charge in [-0.05, 0) is 36.7 Å². The van der Waals surface area contributed by atoms with Crippen molar-refractivity contribution in [3.63, 3.8) is 0 Å². The molecule has 25 heavy (non-hydrogen) atoms. The van der Waals surface area contributed by atoms with Gasteiger partial charge in [-0.15, -0.1) is 0 Å². The van der Waals surface area contributed by atoms with Crippen molar-refractivity contribution in [3.8, 4) is 6.07 Å². The molecule has 0 amide bonds. The predicted octanol–water partition coefficient (Wildman–Crippen LogP) is 3.67. The lowest BCUT2D eigenvalue weighted by molar-refractivity contribution is 0.131. The Morgan fingerprint density at radius 1 is 1.08 bits per heavy atom. The average molecular weight is 359 g/mol. The minimum atomic E-state index is -3.39. The summed E-state index contributed by atoms with van der Waals surface area (Å²) in [4.78, 5) is 0. The van der Waals surface area contributed by atoms with Crippen molar-refractivity contribution in [2.24, 2.45) is 10.8 Å². The molecule has 134 valence electrons. The van der Waals surface area contributed by atoms with Gasteiger partial charge in [0.05, 0.1) is 17.2 Å². The third kappa shape index (κ3) is 2.90. The van der Waals surface area contributed by atoms with Gasteiger partial charge in [-0.1, -0.05) is 49.6 Å². The van der Waals surface area contributed by atoms with Crippen LogP contribution in [0.2, 0.25) is 0 Å². The van der Waals surface area contributed by atoms with Crippen LogP contribution in [0.1, 0.15) is 56.4 Å². The lowest BCUT2D eigenvalue weighted by Gasteiger charge is -2.43. The van der Waals surface area contributed by atoms with Crippen LogP contribution in [0.5, 0.6) is 0 Å². The summed E-state index contributed by atoms with van der Waals surface area (Å²) in [5, 5.41) is 9.58. The van der Waals surface area contributed by atoms with Crippen LogP contribution in [0.25, 0.3) is 0 Å². The van der Waals surface area contributed by atoms with Gasteiger partial charge in [0.1, 0.15) is 0 Å². The zero-order valence-electron chi connectivity index (χ0n) is 14.7. The molecule has 1 aromatic carbocycles. The van der Waals surface area contributed by atoms with Crippen LogP contribution in [-0.2, 0) is 10.0 Å². The smallest absolute Gasteiger partial charge is 0.212 e. The highest BCUT2D eigenvalue weighted by Crippen LogP contribution is 2.56. The van der Waals surface area contributed by atoms with E-state index in [-0.39, 0.29) is 11.2 Å². The molecule has 0 bridgehead atoms. The molecule has 1 spiro atoms. The third-order valence-corrected chi connectivity index (χ3v) is 8.80. The molecule has 1 unspecified atom stereocenters. The van der Waals surface area contributed by atoms with Crippen molar-refractivity contribution in [1.29, 1.82) is 5.26 Å². The SMILES string of the molecule is N#CC1(CS(=O)(=O)N2CC(c3ccccc3)C3(CCC3)C2)CCCC1. The normalized spacial score (nSPS) is 27.9. The second-order valence-corrected chi connectivity index (χ2v) is 10.3. The molecule has 5 heteroatoms. The molecule has 2 saturated carbocycles. The van der Waals surface area contributed by atoms with Crippen LogP contribution in [0.15, 0.2) is 30.3 Å². The quantitative estimate of drug-likeness (QED) is 0.825. The molecule has 1 heterocycles. The van der Waals surface area contributed by atoms with Crippen molar-refractivity contribution in [2.75, 3.05) is 18.8 Å². The summed E-state index contributed by atoms with van der Waals surface area (Å²) in [5.74, 6) is 0.299. The minimum absolute atomic E-state index is 0.00803. The van der Waals surface area contributed by atoms with Gasteiger partial charge in [0, 0.05) is 19.0 Å². The fraction of sp³-hybridized carbons (Fsp3) is 0.650. The van der Waals surface area contributed by atoms with Crippen LogP contribution in [0, 0.1) is 22.2 Å². The molecule has 0 radical (unpaired) electrons. The summed E-state index contributed by atoms with van der Waals surface area (Å²) < 4.78 is 28.0. The van der Waals surface area contributed by atoms with Gasteiger partial charge in [0.15, 0.2) is 0 Å². The molecular formula is C20H26N2O2S. The molecule has 0 N–H and O–H groups in total. The van der Waals surface area contributed by atoms with Gasteiger partial charge < -0.3 is 0 Å². The van der Waals surface area contributed by atoms with Crippen LogP contribution in [0.3, 0.4) is 0 Å². The molecule has 1 atom stereocenters. The minimum Gasteiger partial charge on any atom is -0.212 e. The molecule has 3 aliphatic rings. The van der Waals surface area contributed by atoms with Gasteiger partial charge in [0.2, 0.25) is 10.0 Å². The van der Waals surface area contributed by atoms with E-state index in [1.165, 1.54) is 12.0 Å². The van der Waals surface area contributed by atoms with Crippen molar-refractivity contribution in [2.45, 2.75) is 50.9 Å². The summed E-state index contributed by atoms with van der Waals surface area (Å²) in [6.45, 7) is 1.21. The van der Waals surface area contributed by atoms with E-state index in [9.17, 15) is 13.7 Å². The van der Waals surface area contributed by atoms with E-state index in [1.807, 2.05) is 18.2 Å². The summed E-state index contributed by atoms with van der Waals surface area (Å²) in [5.41, 5.74) is 0.719. The zero-order valence-corrected chi connectivity index (χ0v) is 15.5. The van der Waals surface area contributed by atoms with Crippen LogP contribution in [-0.4, -0.2) is 31.6 Å². The maximum absolute atomic E-state index is 13.1. The summed E-state index contributed by atoms with van der Waals surface area (Å²) in [6.07, 6.45) is 6.82. The fourth-order valence-electron chi connectivity index (χ4n) is 5.20. The van der Waals surface area contributed by atoms with E-state index < -0.39 is 15.4 Å². The van der Waals surface area contributed by atoms with E-state index in [1.54, 1.807) is 4.31 Å². The van der Waals surface area contributed by atoms with Crippen molar-refractivity contribution in [3.05, 3.63) is 35.9 Å². The lowest BCUT2D eigenvalue weighted by Crippen LogP contribution is -2.40. The summed E-state index contributed by atoms with van der Waals surface area (Å²) in [6, 6.07) is 12.7. The molecule has 2 aliphatic carbocycles. The standard InChI is InChI=1S/C20H26N2O2S/c21-14-19(9-4-5-10-19)16-25(23,24)22-13-18(17-7-2-1-3-8-17)20(15-22)11-6-12-20/h1-3,7-8,18H,4-6,9-13,15-16H2. The maximum atomic E-state index is 13.1. The van der Waals surface area contributed by atoms with Crippen LogP contribution in [0.4, 0.5) is 0 Å². The Bertz CT molecular complexity index is 772. The van der Waals surface area contributed by atoms with E-state index in [4.69, 9.17) is 0 Å². The van der Waals surface area contributed by atoms with Crippen molar-refractivity contribution >= 4 is 10.0 Å². The van der Waals surface area contributed by atoms with E-state index >= 15 is 0 Å². The van der Waals surface area contributed by atoms with Gasteiger partial charge in [0.25, 0.3) is 0 Å². The number of rotatable bonds is 4. The van der Waals surface area contributed by atoms with Crippen molar-refractivity contribution in [1.82, 2.24) is 4.31 Å². The second kappa shape index (κ2) is 6.10. The first-order chi connectivity index (χ1) is 12.0. The van der Waals surface area contributed by atoms with Crippen LogP contribution < -0.4 is 0 Å². The molecule has 1 aromatic rings. The molecule has 4 nitrogen and oxygen atoms in total. The number of benzene rings is 1. The Labute approximate surface area is 150 Å². The van der Waals surface area contributed by atoms with Crippen LogP contribution >= 0.6 is 0 Å². The Kier molecular flexibility index (Phi) is 4.16. The van der Waals surface area contributed by atoms with Gasteiger partial charge in [-0.3, -0.25) is 0 Å². The Balaban J connectivity index is 1.58. The molecule has 4 rings (SSSR count). The molecule has 0 aromatic heterocycles. The van der Waals surface area contributed by atoms with Gasteiger partial charge in [-0.2, -0.15) is 5.26 Å². The average Bonchev–Trinajstić information content (AvgIpc) is 3.20. The number of sulfonamides is 1. The highest BCUT2D eigenvalue weighted by molar-refractivity contribution is 7.89. The number of hydrogen-bond acceptors (Lipinski definition) is 3. The Morgan fingerprint density at radius 2 is 1.76 bits per heavy atom. The first kappa shape index (κ1) is 17.1. The molecule has 1 aliphatic heterocycles.